The van der Waals surface area contributed by atoms with Gasteiger partial charge in [0, 0.05) is 30.4 Å². The summed E-state index contributed by atoms with van der Waals surface area (Å²) in [6.45, 7) is 4.97. The molecule has 132 valence electrons. The molecule has 2 aliphatic heterocycles. The fourth-order valence-corrected chi connectivity index (χ4v) is 4.26. The lowest BCUT2D eigenvalue weighted by molar-refractivity contribution is 0.199. The summed E-state index contributed by atoms with van der Waals surface area (Å²) in [7, 11) is 1.66. The number of hydrogen-bond acceptors (Lipinski definition) is 4. The van der Waals surface area contributed by atoms with E-state index >= 15 is 0 Å². The van der Waals surface area contributed by atoms with Gasteiger partial charge < -0.3 is 20.1 Å². The molecular formula is C21H26N2O2. The number of methoxy groups -OCH3 is 1. The largest absolute Gasteiger partial charge is 0.497 e. The van der Waals surface area contributed by atoms with Gasteiger partial charge in [-0.25, -0.2) is 0 Å². The van der Waals surface area contributed by atoms with Crippen molar-refractivity contribution in [3.8, 4) is 16.9 Å². The number of rotatable bonds is 3. The van der Waals surface area contributed by atoms with Gasteiger partial charge in [0.25, 0.3) is 0 Å². The molecule has 2 aromatic rings. The molecule has 4 heteroatoms. The summed E-state index contributed by atoms with van der Waals surface area (Å²) >= 11 is 0. The molecule has 2 aromatic carbocycles. The number of aliphatic hydroxyl groups excluding tert-OH is 1. The Morgan fingerprint density at radius 1 is 1.20 bits per heavy atom. The lowest BCUT2D eigenvalue weighted by Gasteiger charge is -2.27. The predicted octanol–water partition coefficient (Wildman–Crippen LogP) is 3.14. The molecule has 0 radical (unpaired) electrons. The first kappa shape index (κ1) is 16.4. The third kappa shape index (κ3) is 2.90. The fraction of sp³-hybridized carbons (Fsp3) is 0.429. The molecule has 1 saturated heterocycles. The predicted molar refractivity (Wildman–Crippen MR) is 101 cm³/mol. The number of para-hydroxylation sites is 1. The second-order valence-electron chi connectivity index (χ2n) is 7.03. The van der Waals surface area contributed by atoms with Crippen LogP contribution < -0.4 is 15.0 Å². The van der Waals surface area contributed by atoms with E-state index in [-0.39, 0.29) is 0 Å². The summed E-state index contributed by atoms with van der Waals surface area (Å²) in [5.74, 6) is 0.782. The van der Waals surface area contributed by atoms with Gasteiger partial charge in [0.1, 0.15) is 5.75 Å². The third-order valence-electron chi connectivity index (χ3n) is 5.49. The van der Waals surface area contributed by atoms with E-state index in [0.29, 0.717) is 6.04 Å². The van der Waals surface area contributed by atoms with E-state index in [1.165, 1.54) is 23.2 Å². The highest BCUT2D eigenvalue weighted by molar-refractivity contribution is 5.85. The third-order valence-corrected chi connectivity index (χ3v) is 5.49. The lowest BCUT2D eigenvalue weighted by atomic mass is 9.93. The van der Waals surface area contributed by atoms with Crippen LogP contribution in [0.25, 0.3) is 11.1 Å². The van der Waals surface area contributed by atoms with Gasteiger partial charge in [-0.1, -0.05) is 24.3 Å². The highest BCUT2D eigenvalue weighted by Crippen LogP contribution is 2.44. The standard InChI is InChI=1S/C21H26N2O2/c1-14(24)20-13-17(25-2)6-7-18(20)19-5-3-4-15-12-16-8-9-22-10-11-23(16)21(15)19/h3-7,13-14,16,22,24H,8-12H2,1-2H3. The molecule has 2 aliphatic rings. The Hall–Kier alpha value is -2.04. The Morgan fingerprint density at radius 2 is 2.08 bits per heavy atom. The number of aliphatic hydroxyl groups is 1. The molecule has 2 heterocycles. The molecular weight excluding hydrogens is 312 g/mol. The summed E-state index contributed by atoms with van der Waals surface area (Å²) in [6, 6.07) is 13.2. The van der Waals surface area contributed by atoms with Crippen LogP contribution >= 0.6 is 0 Å². The van der Waals surface area contributed by atoms with Crippen LogP contribution in [0.2, 0.25) is 0 Å². The average molecular weight is 338 g/mol. The van der Waals surface area contributed by atoms with Crippen molar-refractivity contribution in [2.45, 2.75) is 31.9 Å². The van der Waals surface area contributed by atoms with E-state index in [4.69, 9.17) is 4.74 Å². The van der Waals surface area contributed by atoms with Crippen molar-refractivity contribution in [2.75, 3.05) is 31.6 Å². The summed E-state index contributed by atoms with van der Waals surface area (Å²) < 4.78 is 5.36. The summed E-state index contributed by atoms with van der Waals surface area (Å²) in [6.07, 6.45) is 1.76. The Bertz CT molecular complexity index is 772. The quantitative estimate of drug-likeness (QED) is 0.902. The van der Waals surface area contributed by atoms with Gasteiger partial charge in [-0.2, -0.15) is 0 Å². The molecule has 0 aliphatic carbocycles. The van der Waals surface area contributed by atoms with E-state index in [0.717, 1.165) is 42.9 Å². The number of fused-ring (bicyclic) bond motifs is 3. The van der Waals surface area contributed by atoms with Crippen molar-refractivity contribution >= 4 is 5.69 Å². The number of nitrogens with zero attached hydrogens (tertiary/aromatic N) is 1. The van der Waals surface area contributed by atoms with E-state index in [1.807, 2.05) is 19.1 Å². The van der Waals surface area contributed by atoms with Gasteiger partial charge in [0.15, 0.2) is 0 Å². The Balaban J connectivity index is 1.85. The molecule has 0 aromatic heterocycles. The van der Waals surface area contributed by atoms with Crippen molar-refractivity contribution in [1.82, 2.24) is 5.32 Å². The summed E-state index contributed by atoms with van der Waals surface area (Å²) in [5.41, 5.74) is 6.02. The minimum atomic E-state index is -0.538. The van der Waals surface area contributed by atoms with E-state index in [1.54, 1.807) is 7.11 Å². The van der Waals surface area contributed by atoms with Crippen molar-refractivity contribution in [3.63, 3.8) is 0 Å². The summed E-state index contributed by atoms with van der Waals surface area (Å²) in [4.78, 5) is 2.57. The number of hydrogen-bond donors (Lipinski definition) is 2. The van der Waals surface area contributed by atoms with Crippen LogP contribution in [0.4, 0.5) is 5.69 Å². The van der Waals surface area contributed by atoms with Gasteiger partial charge in [-0.05, 0) is 55.1 Å². The van der Waals surface area contributed by atoms with Gasteiger partial charge in [0.2, 0.25) is 0 Å². The molecule has 0 saturated carbocycles. The van der Waals surface area contributed by atoms with Crippen molar-refractivity contribution in [3.05, 3.63) is 47.5 Å². The number of nitrogens with one attached hydrogen (secondary N) is 1. The van der Waals surface area contributed by atoms with Crippen molar-refractivity contribution < 1.29 is 9.84 Å². The zero-order chi connectivity index (χ0) is 17.4. The number of anilines is 1. The van der Waals surface area contributed by atoms with Gasteiger partial charge in [-0.3, -0.25) is 0 Å². The van der Waals surface area contributed by atoms with Crippen LogP contribution in [0.3, 0.4) is 0 Å². The lowest BCUT2D eigenvalue weighted by Crippen LogP contribution is -2.33. The maximum absolute atomic E-state index is 10.3. The van der Waals surface area contributed by atoms with Crippen LogP contribution in [0, 0.1) is 0 Å². The maximum Gasteiger partial charge on any atom is 0.119 e. The smallest absolute Gasteiger partial charge is 0.119 e. The Morgan fingerprint density at radius 3 is 2.88 bits per heavy atom. The minimum absolute atomic E-state index is 0.538. The van der Waals surface area contributed by atoms with Gasteiger partial charge >= 0.3 is 0 Å². The highest BCUT2D eigenvalue weighted by Gasteiger charge is 2.32. The first-order valence-corrected chi connectivity index (χ1v) is 9.14. The second kappa shape index (κ2) is 6.70. The monoisotopic (exact) mass is 338 g/mol. The summed E-state index contributed by atoms with van der Waals surface area (Å²) in [5, 5.41) is 13.8. The van der Waals surface area contributed by atoms with Crippen LogP contribution in [0.1, 0.15) is 30.6 Å². The normalized spacial score (nSPS) is 20.6. The molecule has 0 amide bonds. The maximum atomic E-state index is 10.3. The molecule has 4 rings (SSSR count). The van der Waals surface area contributed by atoms with Crippen LogP contribution in [0.15, 0.2) is 36.4 Å². The second-order valence-corrected chi connectivity index (χ2v) is 7.03. The average Bonchev–Trinajstić information content (AvgIpc) is 2.82. The van der Waals surface area contributed by atoms with E-state index in [9.17, 15) is 5.11 Å². The number of benzene rings is 2. The molecule has 25 heavy (non-hydrogen) atoms. The van der Waals surface area contributed by atoms with Crippen LogP contribution in [-0.4, -0.2) is 37.9 Å². The molecule has 2 atom stereocenters. The fourth-order valence-electron chi connectivity index (χ4n) is 4.26. The Kier molecular flexibility index (Phi) is 4.40. The van der Waals surface area contributed by atoms with Gasteiger partial charge in [-0.15, -0.1) is 0 Å². The van der Waals surface area contributed by atoms with Gasteiger partial charge in [0.05, 0.1) is 13.2 Å². The first-order chi connectivity index (χ1) is 12.2. The molecule has 2 unspecified atom stereocenters. The van der Waals surface area contributed by atoms with Crippen LogP contribution in [-0.2, 0) is 6.42 Å². The zero-order valence-corrected chi connectivity index (χ0v) is 15.0. The minimum Gasteiger partial charge on any atom is -0.497 e. The molecule has 0 spiro atoms. The van der Waals surface area contributed by atoms with Crippen LogP contribution in [0.5, 0.6) is 5.75 Å². The van der Waals surface area contributed by atoms with Crippen molar-refractivity contribution in [1.29, 1.82) is 0 Å². The highest BCUT2D eigenvalue weighted by atomic mass is 16.5. The zero-order valence-electron chi connectivity index (χ0n) is 15.0. The molecule has 0 bridgehead atoms. The molecule has 1 fully saturated rings. The Labute approximate surface area is 149 Å². The SMILES string of the molecule is COc1ccc(-c2cccc3c2N2CCNCCC2C3)c(C(C)O)c1. The van der Waals surface area contributed by atoms with E-state index in [2.05, 4.69) is 34.5 Å². The molecule has 4 nitrogen and oxygen atoms in total. The van der Waals surface area contributed by atoms with Crippen molar-refractivity contribution in [2.24, 2.45) is 0 Å². The first-order valence-electron chi connectivity index (χ1n) is 9.14. The topological polar surface area (TPSA) is 44.7 Å². The molecule has 2 N–H and O–H groups in total. The number of ether oxygens (including phenoxy) is 1. The van der Waals surface area contributed by atoms with E-state index < -0.39 is 6.10 Å².